The van der Waals surface area contributed by atoms with Crippen LogP contribution < -0.4 is 4.72 Å². The highest BCUT2D eigenvalue weighted by atomic mass is 79.9. The second-order valence-electron chi connectivity index (χ2n) is 3.76. The van der Waals surface area contributed by atoms with Gasteiger partial charge in [0, 0.05) is 11.0 Å². The van der Waals surface area contributed by atoms with Crippen LogP contribution in [-0.2, 0) is 16.6 Å². The van der Waals surface area contributed by atoms with Gasteiger partial charge in [-0.3, -0.25) is 0 Å². The van der Waals surface area contributed by atoms with Gasteiger partial charge in [-0.1, -0.05) is 46.3 Å². The van der Waals surface area contributed by atoms with Crippen LogP contribution >= 0.6 is 15.9 Å². The first-order valence-corrected chi connectivity index (χ1v) is 7.65. The number of benzene rings is 2. The van der Waals surface area contributed by atoms with Crippen LogP contribution in [0.15, 0.2) is 64.0 Å². The van der Waals surface area contributed by atoms with Gasteiger partial charge in [-0.15, -0.1) is 0 Å². The minimum absolute atomic E-state index is 0.265. The average molecular weight is 326 g/mol. The van der Waals surface area contributed by atoms with Crippen molar-refractivity contribution in [2.24, 2.45) is 0 Å². The Bertz CT molecular complexity index is 609. The number of hydrogen-bond donors (Lipinski definition) is 1. The fourth-order valence-corrected chi connectivity index (χ4v) is 2.75. The molecule has 0 atom stereocenters. The van der Waals surface area contributed by atoms with Crippen LogP contribution in [0.5, 0.6) is 0 Å². The molecule has 18 heavy (non-hydrogen) atoms. The summed E-state index contributed by atoms with van der Waals surface area (Å²) in [6.07, 6.45) is 0. The van der Waals surface area contributed by atoms with E-state index in [1.807, 2.05) is 30.3 Å². The molecule has 0 heterocycles. The van der Waals surface area contributed by atoms with Crippen LogP contribution in [0.1, 0.15) is 5.56 Å². The molecular weight excluding hydrogens is 314 g/mol. The van der Waals surface area contributed by atoms with Crippen molar-refractivity contribution in [3.05, 3.63) is 64.6 Å². The van der Waals surface area contributed by atoms with E-state index in [2.05, 4.69) is 20.7 Å². The minimum Gasteiger partial charge on any atom is -0.207 e. The Morgan fingerprint density at radius 1 is 0.944 bits per heavy atom. The van der Waals surface area contributed by atoms with Gasteiger partial charge in [0.05, 0.1) is 4.90 Å². The largest absolute Gasteiger partial charge is 0.240 e. The lowest BCUT2D eigenvalue weighted by Crippen LogP contribution is -2.23. The lowest BCUT2D eigenvalue weighted by molar-refractivity contribution is 0.581. The number of nitrogens with one attached hydrogen (secondary N) is 1. The van der Waals surface area contributed by atoms with Gasteiger partial charge in [-0.25, -0.2) is 13.1 Å². The third kappa shape index (κ3) is 3.41. The van der Waals surface area contributed by atoms with Crippen LogP contribution in [-0.4, -0.2) is 8.42 Å². The summed E-state index contributed by atoms with van der Waals surface area (Å²) >= 11 is 3.27. The molecule has 0 aliphatic heterocycles. The van der Waals surface area contributed by atoms with E-state index in [1.165, 1.54) is 0 Å². The summed E-state index contributed by atoms with van der Waals surface area (Å²) in [5.41, 5.74) is 0.929. The zero-order valence-electron chi connectivity index (χ0n) is 9.51. The molecule has 94 valence electrons. The highest BCUT2D eigenvalue weighted by Gasteiger charge is 2.12. The third-order valence-corrected chi connectivity index (χ3v) is 4.38. The molecule has 5 heteroatoms. The summed E-state index contributed by atoms with van der Waals surface area (Å²) in [6, 6.07) is 16.0. The SMILES string of the molecule is O=S(=O)(NCc1ccccc1)c1ccc(Br)cc1. The van der Waals surface area contributed by atoms with Gasteiger partial charge in [0.25, 0.3) is 0 Å². The van der Waals surface area contributed by atoms with Crippen molar-refractivity contribution < 1.29 is 8.42 Å². The normalized spacial score (nSPS) is 11.4. The van der Waals surface area contributed by atoms with Crippen LogP contribution in [0.4, 0.5) is 0 Å². The van der Waals surface area contributed by atoms with Gasteiger partial charge in [0.1, 0.15) is 0 Å². The summed E-state index contributed by atoms with van der Waals surface area (Å²) in [6.45, 7) is 0.291. The first kappa shape index (κ1) is 13.3. The number of hydrogen-bond acceptors (Lipinski definition) is 2. The second kappa shape index (κ2) is 5.65. The van der Waals surface area contributed by atoms with Gasteiger partial charge in [0.15, 0.2) is 0 Å². The van der Waals surface area contributed by atoms with Crippen LogP contribution in [0.3, 0.4) is 0 Å². The van der Waals surface area contributed by atoms with Crippen molar-refractivity contribution >= 4 is 26.0 Å². The zero-order chi connectivity index (χ0) is 13.0. The molecule has 0 amide bonds. The molecule has 0 radical (unpaired) electrons. The molecule has 0 aromatic heterocycles. The molecule has 2 aromatic rings. The first-order chi connectivity index (χ1) is 8.58. The van der Waals surface area contributed by atoms with Gasteiger partial charge < -0.3 is 0 Å². The lowest BCUT2D eigenvalue weighted by Gasteiger charge is -2.06. The highest BCUT2D eigenvalue weighted by Crippen LogP contribution is 2.14. The van der Waals surface area contributed by atoms with E-state index in [0.717, 1.165) is 10.0 Å². The topological polar surface area (TPSA) is 46.2 Å². The molecule has 0 saturated carbocycles. The summed E-state index contributed by atoms with van der Waals surface area (Å²) in [5, 5.41) is 0. The maximum absolute atomic E-state index is 12.0. The van der Waals surface area contributed by atoms with E-state index in [4.69, 9.17) is 0 Å². The van der Waals surface area contributed by atoms with E-state index in [0.29, 0.717) is 6.54 Å². The first-order valence-electron chi connectivity index (χ1n) is 5.37. The molecule has 0 aliphatic carbocycles. The Balaban J connectivity index is 2.11. The van der Waals surface area contributed by atoms with E-state index in [-0.39, 0.29) is 4.90 Å². The predicted octanol–water partition coefficient (Wildman–Crippen LogP) is 2.93. The number of rotatable bonds is 4. The molecule has 0 unspecified atom stereocenters. The zero-order valence-corrected chi connectivity index (χ0v) is 11.9. The van der Waals surface area contributed by atoms with Crippen LogP contribution in [0.25, 0.3) is 0 Å². The Labute approximate surface area is 115 Å². The van der Waals surface area contributed by atoms with Crippen LogP contribution in [0, 0.1) is 0 Å². The molecule has 0 saturated heterocycles. The molecule has 2 rings (SSSR count). The summed E-state index contributed by atoms with van der Waals surface area (Å²) in [7, 11) is -3.45. The molecule has 1 N–H and O–H groups in total. The van der Waals surface area contributed by atoms with E-state index in [1.54, 1.807) is 24.3 Å². The smallest absolute Gasteiger partial charge is 0.207 e. The average Bonchev–Trinajstić information content (AvgIpc) is 2.38. The highest BCUT2D eigenvalue weighted by molar-refractivity contribution is 9.10. The molecule has 0 bridgehead atoms. The van der Waals surface area contributed by atoms with Crippen molar-refractivity contribution in [1.82, 2.24) is 4.72 Å². The van der Waals surface area contributed by atoms with Crippen molar-refractivity contribution in [1.29, 1.82) is 0 Å². The standard InChI is InChI=1S/C13H12BrNO2S/c14-12-6-8-13(9-7-12)18(16,17)15-10-11-4-2-1-3-5-11/h1-9,15H,10H2. The van der Waals surface area contributed by atoms with Crippen molar-refractivity contribution in [3.63, 3.8) is 0 Å². The Hall–Kier alpha value is -1.17. The van der Waals surface area contributed by atoms with E-state index in [9.17, 15) is 8.42 Å². The molecule has 0 aliphatic rings. The molecular formula is C13H12BrNO2S. The Morgan fingerprint density at radius 3 is 2.17 bits per heavy atom. The summed E-state index contributed by atoms with van der Waals surface area (Å²) in [5.74, 6) is 0. The molecule has 2 aromatic carbocycles. The predicted molar refractivity (Wildman–Crippen MR) is 74.6 cm³/mol. The van der Waals surface area contributed by atoms with Gasteiger partial charge in [0.2, 0.25) is 10.0 Å². The lowest BCUT2D eigenvalue weighted by atomic mass is 10.2. The van der Waals surface area contributed by atoms with Crippen molar-refractivity contribution in [3.8, 4) is 0 Å². The van der Waals surface area contributed by atoms with Crippen molar-refractivity contribution in [2.75, 3.05) is 0 Å². The van der Waals surface area contributed by atoms with Crippen molar-refractivity contribution in [2.45, 2.75) is 11.4 Å². The fraction of sp³-hybridized carbons (Fsp3) is 0.0769. The van der Waals surface area contributed by atoms with E-state index < -0.39 is 10.0 Å². The monoisotopic (exact) mass is 325 g/mol. The minimum atomic E-state index is -3.45. The molecule has 0 fully saturated rings. The Morgan fingerprint density at radius 2 is 1.56 bits per heavy atom. The van der Waals surface area contributed by atoms with Gasteiger partial charge >= 0.3 is 0 Å². The molecule has 0 spiro atoms. The molecule has 3 nitrogen and oxygen atoms in total. The number of halogens is 1. The van der Waals surface area contributed by atoms with Crippen LogP contribution in [0.2, 0.25) is 0 Å². The number of sulfonamides is 1. The second-order valence-corrected chi connectivity index (χ2v) is 6.45. The van der Waals surface area contributed by atoms with Gasteiger partial charge in [-0.2, -0.15) is 0 Å². The Kier molecular flexibility index (Phi) is 4.16. The van der Waals surface area contributed by atoms with E-state index >= 15 is 0 Å². The summed E-state index contributed by atoms with van der Waals surface area (Å²) in [4.78, 5) is 0.265. The maximum Gasteiger partial charge on any atom is 0.240 e. The summed E-state index contributed by atoms with van der Waals surface area (Å²) < 4.78 is 27.4. The third-order valence-electron chi connectivity index (χ3n) is 2.43. The fourth-order valence-electron chi connectivity index (χ4n) is 1.47. The van der Waals surface area contributed by atoms with Gasteiger partial charge in [-0.05, 0) is 29.8 Å². The quantitative estimate of drug-likeness (QED) is 0.939. The maximum atomic E-state index is 12.0.